The minimum atomic E-state index is -4.41. The van der Waals surface area contributed by atoms with Crippen molar-refractivity contribution in [1.29, 1.82) is 0 Å². The molecule has 5 aromatic rings. The van der Waals surface area contributed by atoms with Gasteiger partial charge in [0.2, 0.25) is 5.95 Å². The molecule has 0 radical (unpaired) electrons. The summed E-state index contributed by atoms with van der Waals surface area (Å²) in [4.78, 5) is 16.3. The SMILES string of the molecule is Cc1cc(Nc2cccc(C(F)(F)F)c2)cnc1/C=N/Nc1ncc(F)c(C)n1.Cc1cccc(-c2ccccc2)n1. The number of aromatic nitrogens is 4. The molecular formula is C31H27F4N7. The van der Waals surface area contributed by atoms with E-state index in [1.54, 1.807) is 13.0 Å². The number of hydrogen-bond donors (Lipinski definition) is 2. The Morgan fingerprint density at radius 2 is 1.55 bits per heavy atom. The Morgan fingerprint density at radius 1 is 0.786 bits per heavy atom. The van der Waals surface area contributed by atoms with Gasteiger partial charge >= 0.3 is 6.18 Å². The predicted octanol–water partition coefficient (Wildman–Crippen LogP) is 7.89. The molecule has 0 atom stereocenters. The third kappa shape index (κ3) is 8.40. The van der Waals surface area contributed by atoms with Crippen molar-refractivity contribution in [2.75, 3.05) is 10.7 Å². The number of nitrogens with zero attached hydrogens (tertiary/aromatic N) is 5. The Balaban J connectivity index is 0.000000258. The number of aryl methyl sites for hydroxylation is 3. The van der Waals surface area contributed by atoms with Gasteiger partial charge < -0.3 is 5.32 Å². The van der Waals surface area contributed by atoms with Crippen LogP contribution in [-0.2, 0) is 6.18 Å². The van der Waals surface area contributed by atoms with E-state index in [-0.39, 0.29) is 11.6 Å². The number of hydrogen-bond acceptors (Lipinski definition) is 7. The molecule has 0 fully saturated rings. The van der Waals surface area contributed by atoms with E-state index in [1.165, 1.54) is 37.0 Å². The van der Waals surface area contributed by atoms with Gasteiger partial charge in [0.15, 0.2) is 5.82 Å². The standard InChI is InChI=1S/C19H16F4N6.C12H11N/c1-11-6-15(28-14-5-3-4-13(7-14)19(21,22)23)8-24-17(11)10-26-29-18-25-9-16(20)12(2)27-18;1-10-6-5-9-12(13-10)11-7-3-2-4-8-11/h3-10,28H,1-2H3,(H,25,27,29);2-9H,1H3/b26-10+;. The molecule has 3 aromatic heterocycles. The second kappa shape index (κ2) is 13.4. The van der Waals surface area contributed by atoms with Crippen LogP contribution < -0.4 is 10.7 Å². The number of rotatable bonds is 6. The lowest BCUT2D eigenvalue weighted by Gasteiger charge is -2.11. The number of nitrogens with one attached hydrogen (secondary N) is 2. The number of benzene rings is 2. The summed E-state index contributed by atoms with van der Waals surface area (Å²) in [6, 6.07) is 22.9. The van der Waals surface area contributed by atoms with Crippen molar-refractivity contribution in [1.82, 2.24) is 19.9 Å². The van der Waals surface area contributed by atoms with Crippen molar-refractivity contribution in [2.45, 2.75) is 26.9 Å². The zero-order chi connectivity index (χ0) is 30.1. The summed E-state index contributed by atoms with van der Waals surface area (Å²) in [6.07, 6.45) is -0.456. The second-order valence-electron chi connectivity index (χ2n) is 9.16. The number of anilines is 3. The van der Waals surface area contributed by atoms with Crippen LogP contribution in [0, 0.1) is 26.6 Å². The number of halogens is 4. The molecule has 3 heterocycles. The fourth-order valence-electron chi connectivity index (χ4n) is 3.70. The largest absolute Gasteiger partial charge is 0.416 e. The molecule has 0 aliphatic rings. The fourth-order valence-corrected chi connectivity index (χ4v) is 3.70. The maximum absolute atomic E-state index is 13.2. The molecule has 0 saturated carbocycles. The zero-order valence-corrected chi connectivity index (χ0v) is 23.0. The first-order valence-electron chi connectivity index (χ1n) is 12.8. The van der Waals surface area contributed by atoms with Crippen molar-refractivity contribution >= 4 is 23.5 Å². The van der Waals surface area contributed by atoms with Gasteiger partial charge in [-0.3, -0.25) is 9.97 Å². The molecule has 0 bridgehead atoms. The van der Waals surface area contributed by atoms with E-state index in [0.717, 1.165) is 35.3 Å². The van der Waals surface area contributed by atoms with Gasteiger partial charge in [-0.1, -0.05) is 42.5 Å². The first-order valence-corrected chi connectivity index (χ1v) is 12.8. The van der Waals surface area contributed by atoms with Crippen LogP contribution in [0.1, 0.15) is 28.2 Å². The lowest BCUT2D eigenvalue weighted by Crippen LogP contribution is -2.05. The quantitative estimate of drug-likeness (QED) is 0.122. The van der Waals surface area contributed by atoms with Crippen molar-refractivity contribution in [2.24, 2.45) is 5.10 Å². The van der Waals surface area contributed by atoms with Crippen molar-refractivity contribution in [3.8, 4) is 11.3 Å². The van der Waals surface area contributed by atoms with Crippen molar-refractivity contribution in [3.05, 3.63) is 125 Å². The highest BCUT2D eigenvalue weighted by Crippen LogP contribution is 2.31. The molecule has 0 amide bonds. The maximum Gasteiger partial charge on any atom is 0.416 e. The summed E-state index contributed by atoms with van der Waals surface area (Å²) in [5.74, 6) is -0.374. The monoisotopic (exact) mass is 573 g/mol. The van der Waals surface area contributed by atoms with Crippen LogP contribution in [0.4, 0.5) is 34.9 Å². The molecule has 7 nitrogen and oxygen atoms in total. The van der Waals surface area contributed by atoms with Gasteiger partial charge in [0.1, 0.15) is 0 Å². The molecule has 42 heavy (non-hydrogen) atoms. The summed E-state index contributed by atoms with van der Waals surface area (Å²) in [5.41, 5.74) is 7.41. The van der Waals surface area contributed by atoms with E-state index < -0.39 is 17.6 Å². The molecule has 2 N–H and O–H groups in total. The lowest BCUT2D eigenvalue weighted by atomic mass is 10.1. The molecule has 0 saturated heterocycles. The van der Waals surface area contributed by atoms with Gasteiger partial charge in [0.05, 0.1) is 46.9 Å². The Hall–Kier alpha value is -5.19. The van der Waals surface area contributed by atoms with Crippen molar-refractivity contribution in [3.63, 3.8) is 0 Å². The van der Waals surface area contributed by atoms with Gasteiger partial charge in [-0.05, 0) is 62.7 Å². The van der Waals surface area contributed by atoms with Gasteiger partial charge in [-0.15, -0.1) is 0 Å². The van der Waals surface area contributed by atoms with Crippen LogP contribution in [0.25, 0.3) is 11.3 Å². The first kappa shape index (κ1) is 29.8. The Bertz CT molecular complexity index is 1670. The summed E-state index contributed by atoms with van der Waals surface area (Å²) in [5, 5.41) is 6.87. The average molecular weight is 574 g/mol. The van der Waals surface area contributed by atoms with Gasteiger partial charge in [0.25, 0.3) is 0 Å². The molecule has 0 spiro atoms. The fraction of sp³-hybridized carbons (Fsp3) is 0.129. The molecule has 0 unspecified atom stereocenters. The van der Waals surface area contributed by atoms with E-state index in [1.807, 2.05) is 43.3 Å². The van der Waals surface area contributed by atoms with Gasteiger partial charge in [-0.25, -0.2) is 19.8 Å². The van der Waals surface area contributed by atoms with Crippen LogP contribution in [-0.4, -0.2) is 26.2 Å². The number of pyridine rings is 2. The lowest BCUT2D eigenvalue weighted by molar-refractivity contribution is -0.137. The normalized spacial score (nSPS) is 11.1. The zero-order valence-electron chi connectivity index (χ0n) is 23.0. The van der Waals surface area contributed by atoms with E-state index in [0.29, 0.717) is 17.1 Å². The Morgan fingerprint density at radius 3 is 2.24 bits per heavy atom. The van der Waals surface area contributed by atoms with Crippen LogP contribution in [0.15, 0.2) is 96.4 Å². The molecule has 2 aromatic carbocycles. The minimum Gasteiger partial charge on any atom is -0.354 e. The third-order valence-corrected chi connectivity index (χ3v) is 5.83. The molecule has 11 heteroatoms. The van der Waals surface area contributed by atoms with Crippen molar-refractivity contribution < 1.29 is 17.6 Å². The summed E-state index contributed by atoms with van der Waals surface area (Å²) < 4.78 is 51.6. The number of hydrazone groups is 1. The minimum absolute atomic E-state index is 0.139. The predicted molar refractivity (Wildman–Crippen MR) is 156 cm³/mol. The number of alkyl halides is 3. The summed E-state index contributed by atoms with van der Waals surface area (Å²) in [7, 11) is 0. The first-order chi connectivity index (χ1) is 20.1. The van der Waals surface area contributed by atoms with E-state index >= 15 is 0 Å². The Labute approximate surface area is 240 Å². The molecule has 0 aliphatic carbocycles. The van der Waals surface area contributed by atoms with E-state index in [4.69, 9.17) is 0 Å². The third-order valence-electron chi connectivity index (χ3n) is 5.83. The van der Waals surface area contributed by atoms with Gasteiger partial charge in [-0.2, -0.15) is 18.3 Å². The van der Waals surface area contributed by atoms with Crippen LogP contribution in [0.3, 0.4) is 0 Å². The molecular weight excluding hydrogens is 546 g/mol. The van der Waals surface area contributed by atoms with E-state index in [9.17, 15) is 17.6 Å². The highest BCUT2D eigenvalue weighted by atomic mass is 19.4. The topological polar surface area (TPSA) is 88.0 Å². The average Bonchev–Trinajstić information content (AvgIpc) is 2.97. The highest BCUT2D eigenvalue weighted by Gasteiger charge is 2.30. The Kier molecular flexibility index (Phi) is 9.53. The second-order valence-corrected chi connectivity index (χ2v) is 9.16. The molecule has 0 aliphatic heterocycles. The van der Waals surface area contributed by atoms with Crippen LogP contribution in [0.5, 0.6) is 0 Å². The molecule has 5 rings (SSSR count). The smallest absolute Gasteiger partial charge is 0.354 e. The maximum atomic E-state index is 13.2. The molecule has 214 valence electrons. The van der Waals surface area contributed by atoms with Gasteiger partial charge in [0, 0.05) is 16.9 Å². The van der Waals surface area contributed by atoms with Crippen LogP contribution >= 0.6 is 0 Å². The highest BCUT2D eigenvalue weighted by molar-refractivity contribution is 5.80. The van der Waals surface area contributed by atoms with E-state index in [2.05, 4.69) is 47.9 Å². The summed E-state index contributed by atoms with van der Waals surface area (Å²) in [6.45, 7) is 5.30. The van der Waals surface area contributed by atoms with Crippen LogP contribution in [0.2, 0.25) is 0 Å². The summed E-state index contributed by atoms with van der Waals surface area (Å²) >= 11 is 0.